The minimum Gasteiger partial charge on any atom is -0.497 e. The largest absolute Gasteiger partial charge is 0.497 e. The van der Waals surface area contributed by atoms with E-state index < -0.39 is 0 Å². The van der Waals surface area contributed by atoms with Gasteiger partial charge < -0.3 is 9.47 Å². The summed E-state index contributed by atoms with van der Waals surface area (Å²) < 4.78 is 10.1. The van der Waals surface area contributed by atoms with Crippen molar-refractivity contribution in [2.24, 2.45) is 0 Å². The highest BCUT2D eigenvalue weighted by atomic mass is 79.9. The minimum absolute atomic E-state index is 0.478. The van der Waals surface area contributed by atoms with Crippen LogP contribution in [0.1, 0.15) is 12.0 Å². The van der Waals surface area contributed by atoms with E-state index in [0.29, 0.717) is 4.83 Å². The second kappa shape index (κ2) is 6.85. The van der Waals surface area contributed by atoms with E-state index in [-0.39, 0.29) is 0 Å². The van der Waals surface area contributed by atoms with Crippen LogP contribution < -0.4 is 4.74 Å². The van der Waals surface area contributed by atoms with Gasteiger partial charge in [0.05, 0.1) is 7.11 Å². The molecule has 1 aromatic rings. The highest BCUT2D eigenvalue weighted by molar-refractivity contribution is 9.09. The summed E-state index contributed by atoms with van der Waals surface area (Å²) in [7, 11) is 3.41. The van der Waals surface area contributed by atoms with Gasteiger partial charge in [0.1, 0.15) is 5.75 Å². The maximum atomic E-state index is 5.11. The van der Waals surface area contributed by atoms with Crippen molar-refractivity contribution < 1.29 is 9.47 Å². The standard InChI is InChI=1S/C12H17BrO2/c1-14-8-7-11(13)9-10-3-5-12(15-2)6-4-10/h3-6,11H,7-9H2,1-2H3. The Hall–Kier alpha value is -0.540. The molecule has 0 saturated heterocycles. The molecule has 1 atom stereocenters. The van der Waals surface area contributed by atoms with Gasteiger partial charge in [0.15, 0.2) is 0 Å². The van der Waals surface area contributed by atoms with Gasteiger partial charge in [-0.15, -0.1) is 0 Å². The van der Waals surface area contributed by atoms with Gasteiger partial charge in [-0.2, -0.15) is 0 Å². The lowest BCUT2D eigenvalue weighted by atomic mass is 10.1. The monoisotopic (exact) mass is 272 g/mol. The summed E-state index contributed by atoms with van der Waals surface area (Å²) in [4.78, 5) is 0.478. The molecule has 0 radical (unpaired) electrons. The molecular weight excluding hydrogens is 256 g/mol. The van der Waals surface area contributed by atoms with Crippen LogP contribution in [0.25, 0.3) is 0 Å². The van der Waals surface area contributed by atoms with Gasteiger partial charge in [0, 0.05) is 18.5 Å². The second-order valence-electron chi connectivity index (χ2n) is 3.43. The minimum atomic E-state index is 0.478. The first kappa shape index (κ1) is 12.5. The summed E-state index contributed by atoms with van der Waals surface area (Å²) in [6.07, 6.45) is 2.05. The van der Waals surface area contributed by atoms with Crippen molar-refractivity contribution >= 4 is 15.9 Å². The molecule has 1 unspecified atom stereocenters. The Kier molecular flexibility index (Phi) is 5.73. The van der Waals surface area contributed by atoms with E-state index in [0.717, 1.165) is 25.2 Å². The maximum absolute atomic E-state index is 5.11. The van der Waals surface area contributed by atoms with Crippen LogP contribution in [-0.4, -0.2) is 25.7 Å². The maximum Gasteiger partial charge on any atom is 0.118 e. The van der Waals surface area contributed by atoms with Crippen LogP contribution in [-0.2, 0) is 11.2 Å². The smallest absolute Gasteiger partial charge is 0.118 e. The lowest BCUT2D eigenvalue weighted by Gasteiger charge is -2.09. The van der Waals surface area contributed by atoms with Gasteiger partial charge in [0.25, 0.3) is 0 Å². The third-order valence-corrected chi connectivity index (χ3v) is 3.03. The van der Waals surface area contributed by atoms with Crippen molar-refractivity contribution in [3.8, 4) is 5.75 Å². The van der Waals surface area contributed by atoms with Crippen LogP contribution in [0.2, 0.25) is 0 Å². The number of hydrogen-bond donors (Lipinski definition) is 0. The summed E-state index contributed by atoms with van der Waals surface area (Å²) in [6.45, 7) is 0.798. The molecule has 1 rings (SSSR count). The molecular formula is C12H17BrO2. The number of benzene rings is 1. The molecule has 0 aliphatic carbocycles. The van der Waals surface area contributed by atoms with E-state index in [1.807, 2.05) is 12.1 Å². The SMILES string of the molecule is COCCC(Br)Cc1ccc(OC)cc1. The number of hydrogen-bond acceptors (Lipinski definition) is 2. The zero-order valence-corrected chi connectivity index (χ0v) is 10.8. The zero-order valence-electron chi connectivity index (χ0n) is 9.20. The van der Waals surface area contributed by atoms with Crippen LogP contribution in [0.5, 0.6) is 5.75 Å². The normalized spacial score (nSPS) is 12.5. The molecule has 0 fully saturated rings. The quantitative estimate of drug-likeness (QED) is 0.742. The molecule has 0 aliphatic rings. The number of halogens is 1. The van der Waals surface area contributed by atoms with E-state index in [1.54, 1.807) is 14.2 Å². The third-order valence-electron chi connectivity index (χ3n) is 2.25. The van der Waals surface area contributed by atoms with Gasteiger partial charge in [0.2, 0.25) is 0 Å². The summed E-state index contributed by atoms with van der Waals surface area (Å²) in [6, 6.07) is 8.18. The fourth-order valence-corrected chi connectivity index (χ4v) is 1.93. The van der Waals surface area contributed by atoms with Crippen molar-refractivity contribution in [3.05, 3.63) is 29.8 Å². The van der Waals surface area contributed by atoms with Gasteiger partial charge in [-0.1, -0.05) is 28.1 Å². The van der Waals surface area contributed by atoms with Crippen LogP contribution in [0, 0.1) is 0 Å². The molecule has 3 heteroatoms. The Labute approximate surface area is 99.7 Å². The van der Waals surface area contributed by atoms with E-state index in [4.69, 9.17) is 9.47 Å². The Morgan fingerprint density at radius 1 is 1.20 bits per heavy atom. The molecule has 0 aliphatic heterocycles. The van der Waals surface area contributed by atoms with Gasteiger partial charge >= 0.3 is 0 Å². The van der Waals surface area contributed by atoms with Crippen molar-refractivity contribution in [3.63, 3.8) is 0 Å². The van der Waals surface area contributed by atoms with Gasteiger partial charge in [-0.25, -0.2) is 0 Å². The number of ether oxygens (including phenoxy) is 2. The molecule has 0 spiro atoms. The predicted molar refractivity (Wildman–Crippen MR) is 65.9 cm³/mol. The van der Waals surface area contributed by atoms with E-state index >= 15 is 0 Å². The molecule has 0 bridgehead atoms. The number of rotatable bonds is 6. The first-order chi connectivity index (χ1) is 7.26. The van der Waals surface area contributed by atoms with Crippen LogP contribution in [0.15, 0.2) is 24.3 Å². The summed E-state index contributed by atoms with van der Waals surface area (Å²) in [5.74, 6) is 0.904. The van der Waals surface area contributed by atoms with Crippen molar-refractivity contribution in [2.45, 2.75) is 17.7 Å². The van der Waals surface area contributed by atoms with Crippen LogP contribution in [0.4, 0.5) is 0 Å². The predicted octanol–water partition coefficient (Wildman–Crippen LogP) is 3.04. The summed E-state index contributed by atoms with van der Waals surface area (Å²) in [5.41, 5.74) is 1.31. The van der Waals surface area contributed by atoms with E-state index in [2.05, 4.69) is 28.1 Å². The Morgan fingerprint density at radius 3 is 2.40 bits per heavy atom. The van der Waals surface area contributed by atoms with Crippen molar-refractivity contribution in [1.82, 2.24) is 0 Å². The van der Waals surface area contributed by atoms with Crippen LogP contribution in [0.3, 0.4) is 0 Å². The molecule has 0 N–H and O–H groups in total. The number of alkyl halides is 1. The fourth-order valence-electron chi connectivity index (χ4n) is 1.37. The molecule has 1 aromatic carbocycles. The van der Waals surface area contributed by atoms with E-state index in [9.17, 15) is 0 Å². The van der Waals surface area contributed by atoms with Crippen molar-refractivity contribution in [1.29, 1.82) is 0 Å². The Bertz CT molecular complexity index is 271. The van der Waals surface area contributed by atoms with Crippen molar-refractivity contribution in [2.75, 3.05) is 20.8 Å². The van der Waals surface area contributed by atoms with Gasteiger partial charge in [-0.05, 0) is 30.5 Å². The Balaban J connectivity index is 2.42. The zero-order chi connectivity index (χ0) is 11.1. The average Bonchev–Trinajstić information content (AvgIpc) is 2.27. The first-order valence-corrected chi connectivity index (χ1v) is 5.93. The Morgan fingerprint density at radius 2 is 1.87 bits per heavy atom. The second-order valence-corrected chi connectivity index (χ2v) is 4.73. The summed E-state index contributed by atoms with van der Waals surface area (Å²) >= 11 is 3.64. The number of methoxy groups -OCH3 is 2. The lowest BCUT2D eigenvalue weighted by molar-refractivity contribution is 0.194. The molecule has 15 heavy (non-hydrogen) atoms. The molecule has 0 saturated carbocycles. The average molecular weight is 273 g/mol. The molecule has 0 heterocycles. The van der Waals surface area contributed by atoms with Gasteiger partial charge in [-0.3, -0.25) is 0 Å². The molecule has 84 valence electrons. The van der Waals surface area contributed by atoms with E-state index in [1.165, 1.54) is 5.56 Å². The third kappa shape index (κ3) is 4.67. The first-order valence-electron chi connectivity index (χ1n) is 5.02. The molecule has 0 aromatic heterocycles. The highest BCUT2D eigenvalue weighted by Gasteiger charge is 2.05. The molecule has 0 amide bonds. The van der Waals surface area contributed by atoms with Crippen LogP contribution >= 0.6 is 15.9 Å². The highest BCUT2D eigenvalue weighted by Crippen LogP contribution is 2.16. The lowest BCUT2D eigenvalue weighted by Crippen LogP contribution is -2.06. The topological polar surface area (TPSA) is 18.5 Å². The molecule has 2 nitrogen and oxygen atoms in total. The summed E-state index contributed by atoms with van der Waals surface area (Å²) in [5, 5.41) is 0. The fraction of sp³-hybridized carbons (Fsp3) is 0.500.